The van der Waals surface area contributed by atoms with Gasteiger partial charge in [0.05, 0.1) is 12.9 Å². The highest BCUT2D eigenvalue weighted by atomic mass is 16.5. The minimum absolute atomic E-state index is 0.554. The summed E-state index contributed by atoms with van der Waals surface area (Å²) in [6.07, 6.45) is 10.0. The minimum atomic E-state index is 0.554. The third-order valence-corrected chi connectivity index (χ3v) is 4.90. The van der Waals surface area contributed by atoms with Crippen molar-refractivity contribution >= 4 is 0 Å². The quantitative estimate of drug-likeness (QED) is 0.822. The van der Waals surface area contributed by atoms with Gasteiger partial charge in [-0.05, 0) is 68.9 Å². The molecule has 2 nitrogen and oxygen atoms in total. The Morgan fingerprint density at radius 2 is 1.83 bits per heavy atom. The Bertz CT molecular complexity index is 277. The third kappa shape index (κ3) is 3.28. The Balaban J connectivity index is 1.91. The topological polar surface area (TPSA) is 21.3 Å². The number of hydrogen-bond acceptors (Lipinski definition) is 2. The number of nitrogens with one attached hydrogen (secondary N) is 1. The second-order valence-electron chi connectivity index (χ2n) is 6.35. The van der Waals surface area contributed by atoms with E-state index in [0.717, 1.165) is 24.4 Å². The first kappa shape index (κ1) is 13.9. The van der Waals surface area contributed by atoms with Gasteiger partial charge in [0.25, 0.3) is 0 Å². The summed E-state index contributed by atoms with van der Waals surface area (Å²) in [4.78, 5) is 0. The Morgan fingerprint density at radius 3 is 2.33 bits per heavy atom. The Hall–Kier alpha value is -0.500. The normalized spacial score (nSPS) is 30.8. The minimum Gasteiger partial charge on any atom is -0.501 e. The molecule has 2 rings (SSSR count). The summed E-state index contributed by atoms with van der Waals surface area (Å²) < 4.78 is 5.51. The molecule has 0 bridgehead atoms. The molecule has 1 heterocycles. The molecule has 104 valence electrons. The second kappa shape index (κ2) is 6.60. The van der Waals surface area contributed by atoms with Crippen LogP contribution in [-0.4, -0.2) is 19.7 Å². The van der Waals surface area contributed by atoms with E-state index in [9.17, 15) is 0 Å². The lowest BCUT2D eigenvalue weighted by atomic mass is 9.73. The van der Waals surface area contributed by atoms with E-state index in [4.69, 9.17) is 4.74 Å². The van der Waals surface area contributed by atoms with Gasteiger partial charge in [-0.2, -0.15) is 0 Å². The molecule has 0 aromatic carbocycles. The molecule has 0 radical (unpaired) electrons. The number of hydrogen-bond donors (Lipinski definition) is 1. The fraction of sp³-hybridized carbons (Fsp3) is 0.875. The lowest BCUT2D eigenvalue weighted by molar-refractivity contribution is 0.184. The van der Waals surface area contributed by atoms with E-state index in [1.54, 1.807) is 0 Å². The smallest absolute Gasteiger partial charge is 0.0876 e. The van der Waals surface area contributed by atoms with Gasteiger partial charge in [-0.1, -0.05) is 13.8 Å². The molecule has 1 N–H and O–H groups in total. The van der Waals surface area contributed by atoms with Crippen molar-refractivity contribution in [1.29, 1.82) is 0 Å². The van der Waals surface area contributed by atoms with Gasteiger partial charge in [-0.25, -0.2) is 0 Å². The molecule has 0 spiro atoms. The summed E-state index contributed by atoms with van der Waals surface area (Å²) in [5.41, 5.74) is 1.50. The van der Waals surface area contributed by atoms with Crippen molar-refractivity contribution in [2.75, 3.05) is 13.7 Å². The van der Waals surface area contributed by atoms with Crippen molar-refractivity contribution in [3.05, 3.63) is 11.8 Å². The van der Waals surface area contributed by atoms with Crippen LogP contribution in [0.1, 0.15) is 52.4 Å². The zero-order chi connectivity index (χ0) is 13.0. The van der Waals surface area contributed by atoms with Gasteiger partial charge in [-0.15, -0.1) is 0 Å². The average Bonchev–Trinajstić information content (AvgIpc) is 2.41. The van der Waals surface area contributed by atoms with Crippen molar-refractivity contribution < 1.29 is 4.74 Å². The number of ether oxygens (including phenoxy) is 1. The zero-order valence-corrected chi connectivity index (χ0v) is 12.2. The monoisotopic (exact) mass is 251 g/mol. The molecule has 1 aliphatic carbocycles. The average molecular weight is 251 g/mol. The summed E-state index contributed by atoms with van der Waals surface area (Å²) in [6, 6.07) is 0.554. The molecule has 1 unspecified atom stereocenters. The van der Waals surface area contributed by atoms with Gasteiger partial charge in [0, 0.05) is 6.04 Å². The van der Waals surface area contributed by atoms with Gasteiger partial charge >= 0.3 is 0 Å². The largest absolute Gasteiger partial charge is 0.501 e. The van der Waals surface area contributed by atoms with Gasteiger partial charge in [0.1, 0.15) is 0 Å². The molecule has 0 aromatic rings. The van der Waals surface area contributed by atoms with Gasteiger partial charge in [0.2, 0.25) is 0 Å². The van der Waals surface area contributed by atoms with Crippen molar-refractivity contribution in [2.45, 2.75) is 58.4 Å². The summed E-state index contributed by atoms with van der Waals surface area (Å²) in [5, 5.41) is 3.54. The first-order chi connectivity index (χ1) is 8.72. The maximum atomic E-state index is 5.51. The van der Waals surface area contributed by atoms with Crippen LogP contribution in [0.25, 0.3) is 0 Å². The standard InChI is InChI=1S/C16H29NO/c1-12(2)13-6-8-14(9-7-13)16(17-3)15-5-4-10-18-11-15/h11-14,16-17H,4-10H2,1-3H3. The van der Waals surface area contributed by atoms with E-state index in [0.29, 0.717) is 6.04 Å². The summed E-state index contributed by atoms with van der Waals surface area (Å²) in [7, 11) is 2.11. The van der Waals surface area contributed by atoms with E-state index >= 15 is 0 Å². The lowest BCUT2D eigenvalue weighted by Crippen LogP contribution is -2.38. The van der Waals surface area contributed by atoms with Crippen molar-refractivity contribution in [2.24, 2.45) is 17.8 Å². The van der Waals surface area contributed by atoms with Crippen molar-refractivity contribution in [3.8, 4) is 0 Å². The molecule has 1 saturated carbocycles. The maximum Gasteiger partial charge on any atom is 0.0876 e. The maximum absolute atomic E-state index is 5.51. The van der Waals surface area contributed by atoms with Crippen LogP contribution in [0.4, 0.5) is 0 Å². The van der Waals surface area contributed by atoms with Crippen LogP contribution in [0.3, 0.4) is 0 Å². The van der Waals surface area contributed by atoms with Crippen LogP contribution < -0.4 is 5.32 Å². The van der Waals surface area contributed by atoms with E-state index in [-0.39, 0.29) is 0 Å². The van der Waals surface area contributed by atoms with Crippen molar-refractivity contribution in [3.63, 3.8) is 0 Å². The highest BCUT2D eigenvalue weighted by molar-refractivity contribution is 5.12. The van der Waals surface area contributed by atoms with E-state index in [1.165, 1.54) is 44.1 Å². The molecule has 1 fully saturated rings. The van der Waals surface area contributed by atoms with E-state index < -0.39 is 0 Å². The molecule has 0 aromatic heterocycles. The lowest BCUT2D eigenvalue weighted by Gasteiger charge is -2.37. The Kier molecular flexibility index (Phi) is 5.11. The summed E-state index contributed by atoms with van der Waals surface area (Å²) >= 11 is 0. The fourth-order valence-electron chi connectivity index (χ4n) is 3.68. The molecule has 2 heteroatoms. The number of likely N-dealkylation sites (N-methyl/N-ethyl adjacent to an activating group) is 1. The van der Waals surface area contributed by atoms with Gasteiger partial charge in [-0.3, -0.25) is 0 Å². The molecule has 2 aliphatic rings. The fourth-order valence-corrected chi connectivity index (χ4v) is 3.68. The van der Waals surface area contributed by atoms with Crippen LogP contribution in [0.2, 0.25) is 0 Å². The van der Waals surface area contributed by atoms with Crippen LogP contribution in [0.5, 0.6) is 0 Å². The molecule has 18 heavy (non-hydrogen) atoms. The van der Waals surface area contributed by atoms with Crippen LogP contribution in [-0.2, 0) is 4.74 Å². The van der Waals surface area contributed by atoms with Gasteiger partial charge < -0.3 is 10.1 Å². The predicted octanol–water partition coefficient (Wildman–Crippen LogP) is 3.73. The van der Waals surface area contributed by atoms with E-state index in [1.807, 2.05) is 6.26 Å². The molecule has 0 amide bonds. The van der Waals surface area contributed by atoms with Gasteiger partial charge in [0.15, 0.2) is 0 Å². The summed E-state index contributed by atoms with van der Waals surface area (Å²) in [5.74, 6) is 2.63. The SMILES string of the molecule is CNC(C1=COCCC1)C1CCC(C(C)C)CC1. The first-order valence-corrected chi connectivity index (χ1v) is 7.70. The highest BCUT2D eigenvalue weighted by Crippen LogP contribution is 2.37. The Morgan fingerprint density at radius 1 is 1.17 bits per heavy atom. The highest BCUT2D eigenvalue weighted by Gasteiger charge is 2.30. The number of rotatable bonds is 4. The molecule has 1 aliphatic heterocycles. The summed E-state index contributed by atoms with van der Waals surface area (Å²) in [6.45, 7) is 5.65. The molecular formula is C16H29NO. The molecule has 1 atom stereocenters. The van der Waals surface area contributed by atoms with E-state index in [2.05, 4.69) is 26.2 Å². The van der Waals surface area contributed by atoms with Crippen LogP contribution in [0.15, 0.2) is 11.8 Å². The predicted molar refractivity (Wildman–Crippen MR) is 76.4 cm³/mol. The first-order valence-electron chi connectivity index (χ1n) is 7.70. The van der Waals surface area contributed by atoms with Crippen molar-refractivity contribution in [1.82, 2.24) is 5.32 Å². The molecular weight excluding hydrogens is 222 g/mol. The Labute approximate surface area is 112 Å². The van der Waals surface area contributed by atoms with Crippen LogP contribution in [0, 0.1) is 17.8 Å². The zero-order valence-electron chi connectivity index (χ0n) is 12.2. The third-order valence-electron chi connectivity index (χ3n) is 4.90. The van der Waals surface area contributed by atoms with Crippen LogP contribution >= 0.6 is 0 Å². The molecule has 0 saturated heterocycles. The second-order valence-corrected chi connectivity index (χ2v) is 6.35.